The molecule has 3 rings (SSSR count). The quantitative estimate of drug-likeness (QED) is 0.510. The molecule has 0 aliphatic carbocycles. The molecule has 0 bridgehead atoms. The summed E-state index contributed by atoms with van der Waals surface area (Å²) in [6, 6.07) is 18.9. The molecule has 0 saturated carbocycles. The number of alkyl halides is 1. The van der Waals surface area contributed by atoms with E-state index < -0.39 is 0 Å². The summed E-state index contributed by atoms with van der Waals surface area (Å²) in [7, 11) is 0. The molecular weight excluding hydrogens is 380 g/mol. The Labute approximate surface area is 135 Å². The van der Waals surface area contributed by atoms with Gasteiger partial charge in [-0.15, -0.1) is 0 Å². The molecule has 1 heterocycles. The molecule has 100 valence electrons. The van der Waals surface area contributed by atoms with Gasteiger partial charge in [0, 0.05) is 18.1 Å². The van der Waals surface area contributed by atoms with Crippen LogP contribution in [0, 0.1) is 0 Å². The van der Waals surface area contributed by atoms with E-state index in [1.54, 1.807) is 0 Å². The molecule has 1 unspecified atom stereocenters. The molecule has 0 amide bonds. The fraction of sp³-hybridized carbons (Fsp3) is 0.0625. The van der Waals surface area contributed by atoms with Crippen molar-refractivity contribution in [1.82, 2.24) is 0 Å². The predicted octanol–water partition coefficient (Wildman–Crippen LogP) is 5.16. The number of aliphatic imine (C=N–C) groups is 1. The van der Waals surface area contributed by atoms with E-state index in [1.807, 2.05) is 18.5 Å². The highest BCUT2D eigenvalue weighted by atomic mass is 79.9. The van der Waals surface area contributed by atoms with Crippen LogP contribution in [0.3, 0.4) is 0 Å². The van der Waals surface area contributed by atoms with E-state index in [9.17, 15) is 0 Å². The lowest BCUT2D eigenvalue weighted by atomic mass is 10.1. The summed E-state index contributed by atoms with van der Waals surface area (Å²) in [6.07, 6.45) is 3.83. The number of benzene rings is 2. The van der Waals surface area contributed by atoms with Crippen molar-refractivity contribution in [3.05, 3.63) is 65.4 Å². The second kappa shape index (κ2) is 5.94. The summed E-state index contributed by atoms with van der Waals surface area (Å²) in [4.78, 5) is 6.41. The zero-order valence-electron chi connectivity index (χ0n) is 10.6. The minimum Gasteiger partial charge on any atom is -0.327 e. The Bertz CT molecular complexity index is 648. The van der Waals surface area contributed by atoms with Crippen LogP contribution in [0.2, 0.25) is 0 Å². The molecule has 0 saturated heterocycles. The molecule has 0 aromatic heterocycles. The molecule has 1 aliphatic rings. The highest BCUT2D eigenvalue weighted by molar-refractivity contribution is 9.11. The molecule has 0 radical (unpaired) electrons. The second-order valence-electron chi connectivity index (χ2n) is 4.42. The van der Waals surface area contributed by atoms with E-state index in [0.29, 0.717) is 0 Å². The molecule has 2 aromatic rings. The van der Waals surface area contributed by atoms with E-state index in [2.05, 4.69) is 90.3 Å². The Kier molecular flexibility index (Phi) is 4.03. The summed E-state index contributed by atoms with van der Waals surface area (Å²) in [5.74, 6) is 0. The third kappa shape index (κ3) is 2.86. The van der Waals surface area contributed by atoms with Crippen molar-refractivity contribution in [2.24, 2.45) is 4.99 Å². The zero-order valence-corrected chi connectivity index (χ0v) is 13.8. The van der Waals surface area contributed by atoms with Crippen molar-refractivity contribution in [2.45, 2.75) is 4.95 Å². The highest BCUT2D eigenvalue weighted by Gasteiger charge is 2.16. The first-order valence-electron chi connectivity index (χ1n) is 6.23. The lowest BCUT2D eigenvalue weighted by Gasteiger charge is -2.26. The summed E-state index contributed by atoms with van der Waals surface area (Å²) in [6.45, 7) is 0. The summed E-state index contributed by atoms with van der Waals surface area (Å²) < 4.78 is 0.820. The molecule has 1 atom stereocenters. The summed E-state index contributed by atoms with van der Waals surface area (Å²) in [5, 5.41) is 0. The number of halogens is 2. The summed E-state index contributed by atoms with van der Waals surface area (Å²) in [5.41, 5.74) is 3.57. The topological polar surface area (TPSA) is 15.6 Å². The average Bonchev–Trinajstić information content (AvgIpc) is 2.51. The van der Waals surface area contributed by atoms with Gasteiger partial charge in [-0.05, 0) is 39.2 Å². The molecule has 2 aromatic carbocycles. The van der Waals surface area contributed by atoms with Gasteiger partial charge in [0.2, 0.25) is 0 Å². The van der Waals surface area contributed by atoms with E-state index in [1.165, 1.54) is 11.1 Å². The van der Waals surface area contributed by atoms with Crippen LogP contribution in [-0.4, -0.2) is 11.2 Å². The fourth-order valence-corrected chi connectivity index (χ4v) is 2.91. The van der Waals surface area contributed by atoms with Gasteiger partial charge in [-0.2, -0.15) is 0 Å². The Hall–Kier alpha value is -1.39. The van der Waals surface area contributed by atoms with Crippen LogP contribution < -0.4 is 4.90 Å². The van der Waals surface area contributed by atoms with E-state index in [4.69, 9.17) is 0 Å². The van der Waals surface area contributed by atoms with Crippen LogP contribution in [0.4, 0.5) is 5.69 Å². The minimum atomic E-state index is 0.0753. The third-order valence-corrected chi connectivity index (χ3v) is 4.19. The van der Waals surface area contributed by atoms with Crippen LogP contribution in [-0.2, 0) is 0 Å². The van der Waals surface area contributed by atoms with Gasteiger partial charge in [0.25, 0.3) is 0 Å². The van der Waals surface area contributed by atoms with Gasteiger partial charge < -0.3 is 4.90 Å². The van der Waals surface area contributed by atoms with Gasteiger partial charge >= 0.3 is 0 Å². The first-order chi connectivity index (χ1) is 9.74. The lowest BCUT2D eigenvalue weighted by molar-refractivity contribution is 1.06. The fourth-order valence-electron chi connectivity index (χ4n) is 2.10. The van der Waals surface area contributed by atoms with Crippen molar-refractivity contribution in [2.75, 3.05) is 4.90 Å². The largest absolute Gasteiger partial charge is 0.327 e. The van der Waals surface area contributed by atoms with Gasteiger partial charge in [0.1, 0.15) is 9.56 Å². The molecular formula is C16H12Br2N2. The monoisotopic (exact) mass is 390 g/mol. The first kappa shape index (κ1) is 13.6. The Morgan fingerprint density at radius 1 is 0.900 bits per heavy atom. The average molecular weight is 392 g/mol. The number of rotatable bonds is 2. The second-order valence-corrected chi connectivity index (χ2v) is 6.17. The van der Waals surface area contributed by atoms with Crippen molar-refractivity contribution >= 4 is 43.8 Å². The molecule has 0 spiro atoms. The standard InChI is InChI=1S/C16H12Br2N2/c17-15-11-20(16(18)10-19-15)14-8-6-13(7-9-14)12-4-2-1-3-5-12/h1-11,16H. The van der Waals surface area contributed by atoms with Crippen molar-refractivity contribution < 1.29 is 0 Å². The maximum atomic E-state index is 4.22. The van der Waals surface area contributed by atoms with Gasteiger partial charge in [-0.3, -0.25) is 0 Å². The lowest BCUT2D eigenvalue weighted by Crippen LogP contribution is -2.28. The van der Waals surface area contributed by atoms with Crippen LogP contribution in [0.15, 0.2) is 70.4 Å². The third-order valence-electron chi connectivity index (χ3n) is 3.10. The Balaban J connectivity index is 1.89. The molecule has 0 fully saturated rings. The van der Waals surface area contributed by atoms with Gasteiger partial charge in [-0.1, -0.05) is 58.4 Å². The number of anilines is 1. The molecule has 1 aliphatic heterocycles. The van der Waals surface area contributed by atoms with Gasteiger partial charge in [0.05, 0.1) is 0 Å². The maximum Gasteiger partial charge on any atom is 0.124 e. The smallest absolute Gasteiger partial charge is 0.124 e. The van der Waals surface area contributed by atoms with Crippen LogP contribution in [0.25, 0.3) is 11.1 Å². The van der Waals surface area contributed by atoms with E-state index >= 15 is 0 Å². The van der Waals surface area contributed by atoms with Crippen molar-refractivity contribution in [3.8, 4) is 11.1 Å². The SMILES string of the molecule is BrC1=CN(c2ccc(-c3ccccc3)cc2)C(Br)C=N1. The normalized spacial score (nSPS) is 18.0. The predicted molar refractivity (Wildman–Crippen MR) is 92.6 cm³/mol. The zero-order chi connectivity index (χ0) is 13.9. The first-order valence-corrected chi connectivity index (χ1v) is 7.94. The molecule has 20 heavy (non-hydrogen) atoms. The van der Waals surface area contributed by atoms with E-state index in [-0.39, 0.29) is 4.95 Å². The van der Waals surface area contributed by atoms with Gasteiger partial charge in [-0.25, -0.2) is 4.99 Å². The highest BCUT2D eigenvalue weighted by Crippen LogP contribution is 2.28. The van der Waals surface area contributed by atoms with Crippen molar-refractivity contribution in [1.29, 1.82) is 0 Å². The van der Waals surface area contributed by atoms with E-state index in [0.717, 1.165) is 10.3 Å². The van der Waals surface area contributed by atoms with Crippen LogP contribution >= 0.6 is 31.9 Å². The molecule has 2 nitrogen and oxygen atoms in total. The number of nitrogens with zero attached hydrogens (tertiary/aromatic N) is 2. The molecule has 4 heteroatoms. The Morgan fingerprint density at radius 3 is 2.25 bits per heavy atom. The van der Waals surface area contributed by atoms with Crippen LogP contribution in [0.1, 0.15) is 0 Å². The van der Waals surface area contributed by atoms with Crippen molar-refractivity contribution in [3.63, 3.8) is 0 Å². The maximum absolute atomic E-state index is 4.22. The minimum absolute atomic E-state index is 0.0753. The molecule has 0 N–H and O–H groups in total. The summed E-state index contributed by atoms with van der Waals surface area (Å²) >= 11 is 7.00. The number of hydrogen-bond acceptors (Lipinski definition) is 2. The van der Waals surface area contributed by atoms with Gasteiger partial charge in [0.15, 0.2) is 0 Å². The Morgan fingerprint density at radius 2 is 1.55 bits per heavy atom. The van der Waals surface area contributed by atoms with Crippen LogP contribution in [0.5, 0.6) is 0 Å². The number of hydrogen-bond donors (Lipinski definition) is 0.